The quantitative estimate of drug-likeness (QED) is 0.406. The number of methoxy groups -OCH3 is 1. The zero-order chi connectivity index (χ0) is 21.5. The third-order valence-corrected chi connectivity index (χ3v) is 5.45. The number of benzene rings is 3. The number of hydrogen-bond donors (Lipinski definition) is 0. The van der Waals surface area contributed by atoms with Gasteiger partial charge in [0.25, 0.3) is 5.56 Å². The lowest BCUT2D eigenvalue weighted by Gasteiger charge is -2.17. The van der Waals surface area contributed by atoms with E-state index in [9.17, 15) is 9.59 Å². The van der Waals surface area contributed by atoms with E-state index in [0.29, 0.717) is 33.3 Å². The average molecular weight is 412 g/mol. The van der Waals surface area contributed by atoms with Crippen molar-refractivity contribution in [3.63, 3.8) is 0 Å². The van der Waals surface area contributed by atoms with Gasteiger partial charge in [0.1, 0.15) is 5.75 Å². The summed E-state index contributed by atoms with van der Waals surface area (Å²) in [5.41, 5.74) is 3.00. The second-order valence-electron chi connectivity index (χ2n) is 7.14. The second-order valence-corrected chi connectivity index (χ2v) is 7.14. The van der Waals surface area contributed by atoms with Gasteiger partial charge >= 0.3 is 5.97 Å². The number of ether oxygens (including phenoxy) is 2. The zero-order valence-corrected chi connectivity index (χ0v) is 17.2. The first-order chi connectivity index (χ1) is 15.2. The van der Waals surface area contributed by atoms with E-state index >= 15 is 0 Å². The lowest BCUT2D eigenvalue weighted by Crippen LogP contribution is -2.18. The highest BCUT2D eigenvalue weighted by atomic mass is 16.5. The molecule has 6 heteroatoms. The molecule has 0 radical (unpaired) electrons. The molecular formula is C25H20N2O4. The van der Waals surface area contributed by atoms with Crippen molar-refractivity contribution in [1.82, 2.24) is 9.03 Å². The van der Waals surface area contributed by atoms with Crippen LogP contribution < -0.4 is 10.3 Å². The Kier molecular flexibility index (Phi) is 4.47. The normalized spacial score (nSPS) is 11.3. The number of fused-ring (bicyclic) bond motifs is 5. The smallest absolute Gasteiger partial charge is 0.341 e. The SMILES string of the molecule is CCOC(=O)c1c(-c2ccc(OC)cc2)n2c3ccccc3c(=O)n2c2ccccc12. The zero-order valence-electron chi connectivity index (χ0n) is 17.2. The molecule has 0 saturated carbocycles. The summed E-state index contributed by atoms with van der Waals surface area (Å²) < 4.78 is 14.2. The molecule has 0 fully saturated rings. The molecule has 0 bridgehead atoms. The molecule has 154 valence electrons. The van der Waals surface area contributed by atoms with Gasteiger partial charge in [0.15, 0.2) is 0 Å². The Bertz CT molecular complexity index is 1510. The van der Waals surface area contributed by atoms with Crippen LogP contribution in [0.1, 0.15) is 17.3 Å². The molecule has 0 spiro atoms. The van der Waals surface area contributed by atoms with Gasteiger partial charge < -0.3 is 9.47 Å². The number of carbonyl (C=O) groups excluding carboxylic acids is 1. The molecule has 5 rings (SSSR count). The van der Waals surface area contributed by atoms with Crippen LogP contribution in [-0.4, -0.2) is 28.7 Å². The van der Waals surface area contributed by atoms with Gasteiger partial charge in [-0.05, 0) is 49.4 Å². The first-order valence-electron chi connectivity index (χ1n) is 10.0. The van der Waals surface area contributed by atoms with E-state index in [-0.39, 0.29) is 12.2 Å². The Balaban J connectivity index is 2.07. The van der Waals surface area contributed by atoms with Gasteiger partial charge in [0.05, 0.1) is 41.4 Å². The van der Waals surface area contributed by atoms with Crippen molar-refractivity contribution >= 4 is 27.8 Å². The van der Waals surface area contributed by atoms with Crippen LogP contribution >= 0.6 is 0 Å². The van der Waals surface area contributed by atoms with E-state index in [1.165, 1.54) is 0 Å². The van der Waals surface area contributed by atoms with Crippen LogP contribution in [0.5, 0.6) is 5.75 Å². The summed E-state index contributed by atoms with van der Waals surface area (Å²) in [6.45, 7) is 2.03. The van der Waals surface area contributed by atoms with Crippen LogP contribution in [0.3, 0.4) is 0 Å². The number of esters is 1. The first-order valence-corrected chi connectivity index (χ1v) is 10.0. The van der Waals surface area contributed by atoms with Crippen molar-refractivity contribution in [3.05, 3.63) is 88.7 Å². The van der Waals surface area contributed by atoms with Crippen LogP contribution in [0, 0.1) is 0 Å². The van der Waals surface area contributed by atoms with E-state index in [1.807, 2.05) is 71.2 Å². The van der Waals surface area contributed by atoms with Crippen LogP contribution in [0.15, 0.2) is 77.6 Å². The maximum Gasteiger partial charge on any atom is 0.341 e. The Labute approximate surface area is 177 Å². The van der Waals surface area contributed by atoms with Gasteiger partial charge in [-0.3, -0.25) is 4.79 Å². The highest BCUT2D eigenvalue weighted by Gasteiger charge is 2.25. The van der Waals surface area contributed by atoms with Crippen LogP contribution in [0.25, 0.3) is 33.1 Å². The second kappa shape index (κ2) is 7.32. The minimum absolute atomic E-state index is 0.142. The van der Waals surface area contributed by atoms with Gasteiger partial charge in [0.2, 0.25) is 0 Å². The summed E-state index contributed by atoms with van der Waals surface area (Å²) in [5.74, 6) is 0.269. The molecule has 0 aliphatic heterocycles. The van der Waals surface area contributed by atoms with E-state index in [0.717, 1.165) is 11.1 Å². The molecule has 0 amide bonds. The van der Waals surface area contributed by atoms with E-state index < -0.39 is 5.97 Å². The lowest BCUT2D eigenvalue weighted by molar-refractivity contribution is 0.0529. The largest absolute Gasteiger partial charge is 0.497 e. The van der Waals surface area contributed by atoms with Gasteiger partial charge in [-0.25, -0.2) is 13.8 Å². The molecule has 3 aromatic carbocycles. The van der Waals surface area contributed by atoms with Gasteiger partial charge in [-0.2, -0.15) is 0 Å². The molecule has 2 aromatic heterocycles. The Hall–Kier alpha value is -4.06. The molecule has 0 unspecified atom stereocenters. The molecule has 5 aromatic rings. The summed E-state index contributed by atoms with van der Waals surface area (Å²) in [4.78, 5) is 26.6. The number of carbonyl (C=O) groups is 1. The van der Waals surface area contributed by atoms with Crippen LogP contribution in [-0.2, 0) is 4.74 Å². The summed E-state index contributed by atoms with van der Waals surface area (Å²) in [5, 5.41) is 1.23. The number of hydrogen-bond acceptors (Lipinski definition) is 4. The monoisotopic (exact) mass is 412 g/mol. The number of rotatable bonds is 4. The third-order valence-electron chi connectivity index (χ3n) is 5.45. The number of aromatic nitrogens is 2. The van der Waals surface area contributed by atoms with Crippen molar-refractivity contribution in [2.24, 2.45) is 0 Å². The highest BCUT2D eigenvalue weighted by molar-refractivity contribution is 6.09. The van der Waals surface area contributed by atoms with E-state index in [2.05, 4.69) is 0 Å². The van der Waals surface area contributed by atoms with Crippen LogP contribution in [0.4, 0.5) is 0 Å². The topological polar surface area (TPSA) is 61.4 Å². The highest BCUT2D eigenvalue weighted by Crippen LogP contribution is 2.33. The lowest BCUT2D eigenvalue weighted by atomic mass is 10.0. The van der Waals surface area contributed by atoms with Gasteiger partial charge in [-0.15, -0.1) is 0 Å². The molecule has 0 aliphatic carbocycles. The van der Waals surface area contributed by atoms with Gasteiger partial charge in [0, 0.05) is 10.9 Å². The average Bonchev–Trinajstić information content (AvgIpc) is 3.11. The molecule has 0 aliphatic rings. The minimum Gasteiger partial charge on any atom is -0.497 e. The first kappa shape index (κ1) is 18.9. The molecule has 0 N–H and O–H groups in total. The van der Waals surface area contributed by atoms with Crippen molar-refractivity contribution in [2.75, 3.05) is 13.7 Å². The Morgan fingerprint density at radius 1 is 0.839 bits per heavy atom. The standard InChI is InChI=1S/C25H20N2O4/c1-3-31-25(29)22-18-8-4-6-10-20(18)27-24(28)19-9-5-7-11-21(19)26(27)23(22)16-12-14-17(30-2)15-13-16/h4-15H,3H2,1-2H3. The summed E-state index contributed by atoms with van der Waals surface area (Å²) in [6, 6.07) is 22.2. The van der Waals surface area contributed by atoms with E-state index in [1.54, 1.807) is 24.6 Å². The van der Waals surface area contributed by atoms with Crippen molar-refractivity contribution in [2.45, 2.75) is 6.92 Å². The fraction of sp³-hybridized carbons (Fsp3) is 0.120. The molecule has 0 atom stereocenters. The van der Waals surface area contributed by atoms with Gasteiger partial charge in [-0.1, -0.05) is 30.3 Å². The Morgan fingerprint density at radius 3 is 2.10 bits per heavy atom. The predicted octanol–water partition coefficient (Wildman–Crippen LogP) is 4.56. The Morgan fingerprint density at radius 2 is 1.45 bits per heavy atom. The fourth-order valence-electron chi connectivity index (χ4n) is 4.12. The molecular weight excluding hydrogens is 392 g/mol. The van der Waals surface area contributed by atoms with Crippen molar-refractivity contribution < 1.29 is 14.3 Å². The third kappa shape index (κ3) is 2.79. The van der Waals surface area contributed by atoms with Crippen molar-refractivity contribution in [3.8, 4) is 17.0 Å². The number of para-hydroxylation sites is 2. The summed E-state index contributed by atoms with van der Waals surface area (Å²) in [6.07, 6.45) is 0. The maximum atomic E-state index is 13.4. The maximum absolute atomic E-state index is 13.4. The molecule has 2 heterocycles. The van der Waals surface area contributed by atoms with Crippen molar-refractivity contribution in [1.29, 1.82) is 0 Å². The molecule has 6 nitrogen and oxygen atoms in total. The van der Waals surface area contributed by atoms with Crippen LogP contribution in [0.2, 0.25) is 0 Å². The molecule has 0 saturated heterocycles. The fourth-order valence-corrected chi connectivity index (χ4v) is 4.12. The summed E-state index contributed by atoms with van der Waals surface area (Å²) >= 11 is 0. The summed E-state index contributed by atoms with van der Waals surface area (Å²) in [7, 11) is 1.60. The van der Waals surface area contributed by atoms with E-state index in [4.69, 9.17) is 9.47 Å². The predicted molar refractivity (Wildman–Crippen MR) is 120 cm³/mol. The molecule has 31 heavy (non-hydrogen) atoms. The minimum atomic E-state index is -0.433. The number of nitrogens with zero attached hydrogens (tertiary/aromatic N) is 2.